The molecule has 0 heterocycles. The highest BCUT2D eigenvalue weighted by molar-refractivity contribution is 7.67. The molecular formula is C26H37O3P. The molecule has 2 fully saturated rings. The SMILES string of the molecule is COc1ccccc1C1=CC=CCC1(OC)P(=O)(C1CCCCC1)C1CCCCC1. The second-order valence-corrected chi connectivity index (χ2v) is 12.8. The van der Waals surface area contributed by atoms with E-state index in [0.29, 0.717) is 6.42 Å². The van der Waals surface area contributed by atoms with E-state index in [1.165, 1.54) is 38.5 Å². The topological polar surface area (TPSA) is 35.5 Å². The molecule has 3 aliphatic rings. The zero-order valence-corrected chi connectivity index (χ0v) is 19.5. The summed E-state index contributed by atoms with van der Waals surface area (Å²) in [5, 5.41) is -0.750. The number of methoxy groups -OCH3 is 2. The molecule has 0 aromatic heterocycles. The number of ether oxygens (including phenoxy) is 2. The van der Waals surface area contributed by atoms with E-state index in [4.69, 9.17) is 9.47 Å². The average molecular weight is 429 g/mol. The Kier molecular flexibility index (Phi) is 6.90. The Labute approximate surface area is 182 Å². The Morgan fingerprint density at radius 2 is 1.50 bits per heavy atom. The first-order chi connectivity index (χ1) is 14.7. The molecule has 4 heteroatoms. The van der Waals surface area contributed by atoms with Crippen LogP contribution in [0.3, 0.4) is 0 Å². The van der Waals surface area contributed by atoms with Crippen LogP contribution in [0.4, 0.5) is 0 Å². The summed E-state index contributed by atoms with van der Waals surface area (Å²) in [4.78, 5) is 0. The van der Waals surface area contributed by atoms with Crippen LogP contribution in [0.15, 0.2) is 42.5 Å². The van der Waals surface area contributed by atoms with E-state index in [9.17, 15) is 0 Å². The van der Waals surface area contributed by atoms with Crippen molar-refractivity contribution in [2.75, 3.05) is 14.2 Å². The van der Waals surface area contributed by atoms with E-state index in [0.717, 1.165) is 42.6 Å². The second kappa shape index (κ2) is 9.45. The van der Waals surface area contributed by atoms with Gasteiger partial charge in [0.05, 0.1) is 7.11 Å². The molecule has 0 amide bonds. The Bertz CT molecular complexity index is 808. The number of hydrogen-bond donors (Lipinski definition) is 0. The van der Waals surface area contributed by atoms with Crippen LogP contribution in [-0.4, -0.2) is 30.9 Å². The molecule has 1 aromatic rings. The van der Waals surface area contributed by atoms with Crippen LogP contribution in [0, 0.1) is 0 Å². The summed E-state index contributed by atoms with van der Waals surface area (Å²) in [6.45, 7) is 0. The van der Waals surface area contributed by atoms with Crippen LogP contribution in [0.5, 0.6) is 5.75 Å². The van der Waals surface area contributed by atoms with Gasteiger partial charge in [0.1, 0.15) is 18.2 Å². The van der Waals surface area contributed by atoms with Crippen molar-refractivity contribution in [1.82, 2.24) is 0 Å². The number of allylic oxidation sites excluding steroid dienone is 2. The van der Waals surface area contributed by atoms with Gasteiger partial charge >= 0.3 is 0 Å². The number of para-hydroxylation sites is 1. The van der Waals surface area contributed by atoms with Crippen molar-refractivity contribution in [2.24, 2.45) is 0 Å². The maximum Gasteiger partial charge on any atom is 0.150 e. The highest BCUT2D eigenvalue weighted by Gasteiger charge is 2.58. The van der Waals surface area contributed by atoms with Crippen LogP contribution < -0.4 is 4.74 Å². The van der Waals surface area contributed by atoms with Gasteiger partial charge in [-0.25, -0.2) is 0 Å². The average Bonchev–Trinajstić information content (AvgIpc) is 2.84. The van der Waals surface area contributed by atoms with E-state index in [1.807, 2.05) is 18.2 Å². The van der Waals surface area contributed by atoms with Crippen molar-refractivity contribution in [3.63, 3.8) is 0 Å². The third kappa shape index (κ3) is 3.63. The van der Waals surface area contributed by atoms with Crippen molar-refractivity contribution in [3.05, 3.63) is 48.1 Å². The number of rotatable bonds is 6. The monoisotopic (exact) mass is 428 g/mol. The van der Waals surface area contributed by atoms with Gasteiger partial charge in [0, 0.05) is 36.0 Å². The fourth-order valence-electron chi connectivity index (χ4n) is 6.28. The zero-order chi connectivity index (χ0) is 21.0. The van der Waals surface area contributed by atoms with E-state index >= 15 is 4.57 Å². The predicted molar refractivity (Wildman–Crippen MR) is 126 cm³/mol. The molecule has 0 spiro atoms. The molecule has 164 valence electrons. The normalized spacial score (nSPS) is 26.4. The summed E-state index contributed by atoms with van der Waals surface area (Å²) >= 11 is 0. The molecule has 2 saturated carbocycles. The molecule has 30 heavy (non-hydrogen) atoms. The molecule has 0 bridgehead atoms. The lowest BCUT2D eigenvalue weighted by Gasteiger charge is -2.50. The first kappa shape index (κ1) is 21.9. The fraction of sp³-hybridized carbons (Fsp3) is 0.615. The summed E-state index contributed by atoms with van der Waals surface area (Å²) in [6, 6.07) is 8.15. The third-order valence-electron chi connectivity index (χ3n) is 7.75. The van der Waals surface area contributed by atoms with Crippen molar-refractivity contribution in [1.29, 1.82) is 0 Å². The van der Waals surface area contributed by atoms with Gasteiger partial charge in [0.15, 0.2) is 0 Å². The molecule has 0 aliphatic heterocycles. The molecule has 1 atom stereocenters. The number of benzene rings is 1. The van der Waals surface area contributed by atoms with Gasteiger partial charge in [0.2, 0.25) is 0 Å². The summed E-state index contributed by atoms with van der Waals surface area (Å²) in [6.07, 6.45) is 18.8. The molecular weight excluding hydrogens is 391 g/mol. The maximum atomic E-state index is 15.6. The smallest absolute Gasteiger partial charge is 0.150 e. The lowest BCUT2D eigenvalue weighted by Crippen LogP contribution is -2.42. The van der Waals surface area contributed by atoms with Crippen LogP contribution in [0.25, 0.3) is 5.57 Å². The van der Waals surface area contributed by atoms with Gasteiger partial charge < -0.3 is 14.0 Å². The molecule has 1 aromatic carbocycles. The van der Waals surface area contributed by atoms with E-state index < -0.39 is 12.5 Å². The molecule has 0 N–H and O–H groups in total. The quantitative estimate of drug-likeness (QED) is 0.443. The van der Waals surface area contributed by atoms with E-state index in [1.54, 1.807) is 14.2 Å². The molecule has 3 aliphatic carbocycles. The summed E-state index contributed by atoms with van der Waals surface area (Å²) in [5.41, 5.74) is 2.64. The fourth-order valence-corrected chi connectivity index (χ4v) is 11.6. The first-order valence-corrected chi connectivity index (χ1v) is 13.7. The molecule has 0 radical (unpaired) electrons. The molecule has 4 rings (SSSR count). The Morgan fingerprint density at radius 3 is 2.07 bits per heavy atom. The van der Waals surface area contributed by atoms with Crippen LogP contribution in [0.1, 0.15) is 76.2 Å². The van der Waals surface area contributed by atoms with Gasteiger partial charge in [0.25, 0.3) is 0 Å². The largest absolute Gasteiger partial charge is 0.496 e. The minimum Gasteiger partial charge on any atom is -0.496 e. The van der Waals surface area contributed by atoms with Gasteiger partial charge in [-0.2, -0.15) is 0 Å². The van der Waals surface area contributed by atoms with Crippen molar-refractivity contribution < 1.29 is 14.0 Å². The second-order valence-electron chi connectivity index (χ2n) is 9.19. The summed E-state index contributed by atoms with van der Waals surface area (Å²) < 4.78 is 27.8. The number of hydrogen-bond acceptors (Lipinski definition) is 3. The Hall–Kier alpha value is -1.31. The maximum absolute atomic E-state index is 15.6. The van der Waals surface area contributed by atoms with Gasteiger partial charge in [-0.15, -0.1) is 0 Å². The minimum atomic E-state index is -2.73. The van der Waals surface area contributed by atoms with E-state index in [-0.39, 0.29) is 11.3 Å². The summed E-state index contributed by atoms with van der Waals surface area (Å²) in [7, 11) is 0.783. The highest BCUT2D eigenvalue weighted by Crippen LogP contribution is 2.75. The highest BCUT2D eigenvalue weighted by atomic mass is 31.2. The minimum absolute atomic E-state index is 0.277. The van der Waals surface area contributed by atoms with Gasteiger partial charge in [-0.3, -0.25) is 0 Å². The Balaban J connectivity index is 1.88. The van der Waals surface area contributed by atoms with Crippen molar-refractivity contribution >= 4 is 12.7 Å². The molecule has 1 unspecified atom stereocenters. The molecule has 3 nitrogen and oxygen atoms in total. The van der Waals surface area contributed by atoms with Crippen LogP contribution >= 0.6 is 7.14 Å². The lowest BCUT2D eigenvalue weighted by molar-refractivity contribution is 0.105. The standard InChI is InChI=1S/C26H37O3P/c1-28-25-19-10-9-17-23(25)24-18-11-12-20-26(24,29-2)30(27,21-13-5-3-6-14-21)22-15-7-4-8-16-22/h9-12,17-19,21-22H,3-8,13-16,20H2,1-2H3. The molecule has 0 saturated heterocycles. The predicted octanol–water partition coefficient (Wildman–Crippen LogP) is 7.41. The first-order valence-electron chi connectivity index (χ1n) is 11.8. The third-order valence-corrected chi connectivity index (χ3v) is 12.7. The van der Waals surface area contributed by atoms with Gasteiger partial charge in [-0.1, -0.05) is 75.0 Å². The van der Waals surface area contributed by atoms with Gasteiger partial charge in [-0.05, 0) is 31.7 Å². The zero-order valence-electron chi connectivity index (χ0n) is 18.6. The lowest BCUT2D eigenvalue weighted by atomic mass is 9.93. The summed E-state index contributed by atoms with van der Waals surface area (Å²) in [5.74, 6) is 0.833. The van der Waals surface area contributed by atoms with Crippen LogP contribution in [0.2, 0.25) is 0 Å². The van der Waals surface area contributed by atoms with Crippen LogP contribution in [-0.2, 0) is 9.30 Å². The Morgan fingerprint density at radius 1 is 0.900 bits per heavy atom. The van der Waals surface area contributed by atoms with Crippen molar-refractivity contribution in [3.8, 4) is 5.75 Å². The van der Waals surface area contributed by atoms with E-state index in [2.05, 4.69) is 24.3 Å². The van der Waals surface area contributed by atoms with Crippen molar-refractivity contribution in [2.45, 2.75) is 87.3 Å².